The van der Waals surface area contributed by atoms with Crippen LogP contribution in [0.4, 0.5) is 0 Å². The fourth-order valence-corrected chi connectivity index (χ4v) is 4.54. The average molecular weight is 726 g/mol. The summed E-state index contributed by atoms with van der Waals surface area (Å²) >= 11 is 0. The number of hydrogen-bond donors (Lipinski definition) is 0. The number of hydrogen-bond acceptors (Lipinski definition) is 13. The number of aryl methyl sites for hydroxylation is 8. The summed E-state index contributed by atoms with van der Waals surface area (Å²) in [7, 11) is 0. The van der Waals surface area contributed by atoms with Crippen LogP contribution in [0.15, 0.2) is 62.1 Å². The number of pyridine rings is 3. The molecule has 8 aromatic heterocycles. The molecule has 8 heterocycles. The largest absolute Gasteiger partial charge is 0.332 e. The van der Waals surface area contributed by atoms with Gasteiger partial charge in [0.2, 0.25) is 0 Å². The van der Waals surface area contributed by atoms with E-state index in [1.165, 1.54) is 6.33 Å². The van der Waals surface area contributed by atoms with Gasteiger partial charge in [-0.05, 0) is 67.5 Å². The minimum Gasteiger partial charge on any atom is -0.332 e. The van der Waals surface area contributed by atoms with Gasteiger partial charge in [0.25, 0.3) is 0 Å². The monoisotopic (exact) mass is 725 g/mol. The van der Waals surface area contributed by atoms with E-state index in [0.717, 1.165) is 89.6 Å². The molecular formula is C35H34N13Y-. The Morgan fingerprint density at radius 1 is 0.429 bits per heavy atom. The molecule has 0 aliphatic rings. The minimum absolute atomic E-state index is 0. The minimum atomic E-state index is 0. The van der Waals surface area contributed by atoms with Crippen LogP contribution in [-0.2, 0) is 32.7 Å². The maximum atomic E-state index is 4.29. The van der Waals surface area contributed by atoms with Crippen molar-refractivity contribution < 1.29 is 32.7 Å². The van der Waals surface area contributed by atoms with Crippen molar-refractivity contribution >= 4 is 43.9 Å². The average Bonchev–Trinajstić information content (AvgIpc) is 3.07. The Kier molecular flexibility index (Phi) is 12.7. The Morgan fingerprint density at radius 2 is 0.939 bits per heavy atom. The van der Waals surface area contributed by atoms with E-state index in [2.05, 4.69) is 70.9 Å². The van der Waals surface area contributed by atoms with Crippen molar-refractivity contribution in [2.24, 2.45) is 0 Å². The molecule has 0 atom stereocenters. The van der Waals surface area contributed by atoms with E-state index in [1.54, 1.807) is 31.4 Å². The molecule has 0 spiro atoms. The second kappa shape index (κ2) is 16.9. The molecule has 0 saturated heterocycles. The van der Waals surface area contributed by atoms with Crippen LogP contribution < -0.4 is 0 Å². The van der Waals surface area contributed by atoms with Crippen molar-refractivity contribution in [1.29, 1.82) is 0 Å². The summed E-state index contributed by atoms with van der Waals surface area (Å²) in [5.74, 6) is 0.750. The first-order valence-electron chi connectivity index (χ1n) is 15.0. The van der Waals surface area contributed by atoms with Crippen molar-refractivity contribution in [2.45, 2.75) is 55.4 Å². The zero-order valence-corrected chi connectivity index (χ0v) is 31.5. The molecule has 0 unspecified atom stereocenters. The fourth-order valence-electron chi connectivity index (χ4n) is 4.54. The van der Waals surface area contributed by atoms with Crippen LogP contribution in [0.5, 0.6) is 0 Å². The normalized spacial score (nSPS) is 10.3. The molecule has 0 saturated carbocycles. The summed E-state index contributed by atoms with van der Waals surface area (Å²) in [5, 5.41) is 2.12. The topological polar surface area (TPSA) is 168 Å². The Balaban J connectivity index is 0.000000146. The van der Waals surface area contributed by atoms with Crippen LogP contribution >= 0.6 is 0 Å². The SMILES string of the molecule is Cc1[c-]cc2ncnc(C)c2n1.Cc1cc2c(C)ncnc2cn1.Cc1cc2ncnc(C)c2cn1.Cc1ncc2ncnc(C)c2n1.[Y]. The first-order valence-corrected chi connectivity index (χ1v) is 15.0. The molecule has 8 aromatic rings. The summed E-state index contributed by atoms with van der Waals surface area (Å²) in [6.45, 7) is 15.5. The first kappa shape index (κ1) is 36.8. The molecule has 0 fully saturated rings. The second-order valence-corrected chi connectivity index (χ2v) is 10.9. The van der Waals surface area contributed by atoms with E-state index in [-0.39, 0.29) is 32.7 Å². The molecule has 49 heavy (non-hydrogen) atoms. The van der Waals surface area contributed by atoms with Crippen LogP contribution in [-0.4, -0.2) is 64.8 Å². The van der Waals surface area contributed by atoms with Gasteiger partial charge in [0.05, 0.1) is 41.1 Å². The van der Waals surface area contributed by atoms with E-state index >= 15 is 0 Å². The Labute approximate surface area is 309 Å². The Bertz CT molecular complexity index is 2170. The summed E-state index contributed by atoms with van der Waals surface area (Å²) in [5.41, 5.74) is 11.9. The van der Waals surface area contributed by atoms with Gasteiger partial charge in [0.15, 0.2) is 0 Å². The molecule has 0 aliphatic heterocycles. The van der Waals surface area contributed by atoms with Crippen LogP contribution in [0.2, 0.25) is 0 Å². The zero-order chi connectivity index (χ0) is 34.2. The number of nitrogens with zero attached hydrogens (tertiary/aromatic N) is 13. The molecule has 13 nitrogen and oxygen atoms in total. The molecule has 8 rings (SSSR count). The van der Waals surface area contributed by atoms with E-state index in [4.69, 9.17) is 0 Å². The summed E-state index contributed by atoms with van der Waals surface area (Å²) < 4.78 is 0. The predicted octanol–water partition coefficient (Wildman–Crippen LogP) is 5.76. The van der Waals surface area contributed by atoms with E-state index in [1.807, 2.05) is 79.8 Å². The molecule has 0 aliphatic carbocycles. The van der Waals surface area contributed by atoms with Crippen molar-refractivity contribution in [3.63, 3.8) is 0 Å². The number of fused-ring (bicyclic) bond motifs is 4. The zero-order valence-electron chi connectivity index (χ0n) is 28.7. The molecule has 0 bridgehead atoms. The van der Waals surface area contributed by atoms with Crippen LogP contribution in [0.1, 0.15) is 45.7 Å². The summed E-state index contributed by atoms with van der Waals surface area (Å²) in [4.78, 5) is 53.6. The second-order valence-electron chi connectivity index (χ2n) is 10.9. The van der Waals surface area contributed by atoms with Gasteiger partial charge in [-0.25, -0.2) is 57.0 Å². The molecule has 243 valence electrons. The van der Waals surface area contributed by atoms with Gasteiger partial charge in [-0.15, -0.1) is 0 Å². The van der Waals surface area contributed by atoms with Gasteiger partial charge in [-0.1, -0.05) is 11.2 Å². The van der Waals surface area contributed by atoms with Gasteiger partial charge >= 0.3 is 0 Å². The standard InChI is InChI=1S/2C9H9N3.C9H8N3.C8H8N4.Y/c1-6-3-9-8(4-10-6)7(2)11-5-12-9;1-6-3-8-7(2)11-5-12-9(8)4-10-6;1-6-3-4-8-9(12-6)7(2)10-5-11-8;1-5-8-7(11-4-10-5)3-9-6(2)12-8;/h2*3-5H,1-2H3;4-5H,1-2H3;3-4H,1-2H3;/q;;-1;;. The Hall–Kier alpha value is -5.01. The molecule has 0 N–H and O–H groups in total. The van der Waals surface area contributed by atoms with Crippen molar-refractivity contribution in [3.8, 4) is 0 Å². The third-order valence-electron chi connectivity index (χ3n) is 7.13. The maximum absolute atomic E-state index is 4.29. The van der Waals surface area contributed by atoms with Crippen LogP contribution in [0.3, 0.4) is 0 Å². The number of rotatable bonds is 0. The maximum Gasteiger partial charge on any atom is 0.126 e. The van der Waals surface area contributed by atoms with Gasteiger partial charge in [-0.3, -0.25) is 15.0 Å². The summed E-state index contributed by atoms with van der Waals surface area (Å²) in [6, 6.07) is 8.81. The smallest absolute Gasteiger partial charge is 0.126 e. The van der Waals surface area contributed by atoms with E-state index < -0.39 is 0 Å². The van der Waals surface area contributed by atoms with Gasteiger partial charge < -0.3 is 4.98 Å². The van der Waals surface area contributed by atoms with Crippen molar-refractivity contribution in [3.05, 3.63) is 114 Å². The Morgan fingerprint density at radius 3 is 1.63 bits per heavy atom. The number of aromatic nitrogens is 13. The fraction of sp³-hybridized carbons (Fsp3) is 0.229. The predicted molar refractivity (Wildman–Crippen MR) is 184 cm³/mol. The van der Waals surface area contributed by atoms with E-state index in [9.17, 15) is 0 Å². The quantitative estimate of drug-likeness (QED) is 0.173. The van der Waals surface area contributed by atoms with Gasteiger partial charge in [-0.2, -0.15) is 0 Å². The molecule has 0 amide bonds. The molecule has 0 aromatic carbocycles. The van der Waals surface area contributed by atoms with Gasteiger partial charge in [0.1, 0.15) is 35.8 Å². The molecule has 14 heteroatoms. The molecule has 1 radical (unpaired) electrons. The first-order chi connectivity index (χ1) is 23.1. The van der Waals surface area contributed by atoms with Crippen LogP contribution in [0.25, 0.3) is 43.9 Å². The summed E-state index contributed by atoms with van der Waals surface area (Å²) in [6.07, 6.45) is 11.5. The molecular weight excluding hydrogens is 691 g/mol. The third kappa shape index (κ3) is 9.55. The van der Waals surface area contributed by atoms with Crippen molar-refractivity contribution in [2.75, 3.05) is 0 Å². The van der Waals surface area contributed by atoms with Gasteiger partial charge in [0, 0.05) is 78.0 Å². The van der Waals surface area contributed by atoms with Crippen molar-refractivity contribution in [1.82, 2.24) is 64.8 Å². The third-order valence-corrected chi connectivity index (χ3v) is 7.13. The van der Waals surface area contributed by atoms with E-state index in [0.29, 0.717) is 0 Å². The van der Waals surface area contributed by atoms with Crippen LogP contribution in [0, 0.1) is 61.5 Å².